The molecule has 0 bridgehead atoms. The molecular weight excluding hydrogens is 403 g/mol. The monoisotopic (exact) mass is 413 g/mol. The second kappa shape index (κ2) is 7.57. The van der Waals surface area contributed by atoms with Crippen LogP contribution in [0.3, 0.4) is 0 Å². The minimum absolute atomic E-state index is 0.113. The van der Waals surface area contributed by atoms with Crippen molar-refractivity contribution in [3.63, 3.8) is 0 Å². The summed E-state index contributed by atoms with van der Waals surface area (Å²) in [5.41, 5.74) is -3.59. The Morgan fingerprint density at radius 1 is 0.724 bits per heavy atom. The number of carbonyl (C=O) groups is 1. The number of halogens is 7. The smallest absolute Gasteiger partial charge is 0.317 e. The van der Waals surface area contributed by atoms with Crippen molar-refractivity contribution in [2.75, 3.05) is 5.32 Å². The van der Waals surface area contributed by atoms with Gasteiger partial charge in [0.05, 0.1) is 0 Å². The number of rotatable bonds is 3. The molecule has 3 aromatic carbocycles. The molecule has 1 amide bonds. The maximum atomic E-state index is 14.0. The number of benzene rings is 3. The van der Waals surface area contributed by atoms with Gasteiger partial charge in [0.25, 0.3) is 5.91 Å². The molecule has 3 aromatic rings. The van der Waals surface area contributed by atoms with E-state index in [1.807, 2.05) is 0 Å². The first kappa shape index (κ1) is 20.4. The van der Waals surface area contributed by atoms with Gasteiger partial charge in [-0.3, -0.25) is 4.79 Å². The van der Waals surface area contributed by atoms with E-state index in [2.05, 4.69) is 0 Å². The number of anilines is 1. The second-order valence-electron chi connectivity index (χ2n) is 5.87. The molecule has 0 aromatic heterocycles. The second-order valence-corrected chi connectivity index (χ2v) is 5.87. The predicted octanol–water partition coefficient (Wildman–Crippen LogP) is 6.18. The normalized spacial score (nSPS) is 11.4. The topological polar surface area (TPSA) is 29.1 Å². The minimum atomic E-state index is -5.67. The molecule has 150 valence electrons. The third-order valence-electron chi connectivity index (χ3n) is 4.04. The lowest BCUT2D eigenvalue weighted by atomic mass is 9.99. The largest absolute Gasteiger partial charge is 0.422 e. The number of carbonyl (C=O) groups excluding carboxylic acids is 1. The molecule has 3 rings (SSSR count). The molecule has 0 unspecified atom stereocenters. The van der Waals surface area contributed by atoms with E-state index in [-0.39, 0.29) is 5.56 Å². The van der Waals surface area contributed by atoms with Crippen LogP contribution in [0, 0.1) is 23.3 Å². The quantitative estimate of drug-likeness (QED) is 0.403. The molecule has 0 fully saturated rings. The lowest BCUT2D eigenvalue weighted by Crippen LogP contribution is -2.20. The average Bonchev–Trinajstić information content (AvgIpc) is 2.69. The summed E-state index contributed by atoms with van der Waals surface area (Å²) in [6.45, 7) is 0. The fourth-order valence-corrected chi connectivity index (χ4v) is 2.72. The number of hydrogen-bond donors (Lipinski definition) is 1. The van der Waals surface area contributed by atoms with Crippen molar-refractivity contribution in [3.05, 3.63) is 89.0 Å². The summed E-state index contributed by atoms with van der Waals surface area (Å²) in [6, 6.07) is 14.2. The van der Waals surface area contributed by atoms with Crippen LogP contribution >= 0.6 is 0 Å². The molecule has 0 saturated carbocycles. The summed E-state index contributed by atoms with van der Waals surface area (Å²) in [6.07, 6.45) is -5.67. The van der Waals surface area contributed by atoms with Gasteiger partial charge in [-0.05, 0) is 17.2 Å². The van der Waals surface area contributed by atoms with E-state index in [1.165, 1.54) is 18.2 Å². The Bertz CT molecular complexity index is 1050. The van der Waals surface area contributed by atoms with Crippen LogP contribution in [0.5, 0.6) is 0 Å². The molecule has 29 heavy (non-hydrogen) atoms. The molecule has 0 aliphatic rings. The molecule has 1 N–H and O–H groups in total. The SMILES string of the molecule is O=C(Nc1c(F)c(F)c(C(F)(F)F)c(F)c1F)c1ccccc1-c1ccccc1. The van der Waals surface area contributed by atoms with Crippen LogP contribution < -0.4 is 5.32 Å². The minimum Gasteiger partial charge on any atom is -0.317 e. The van der Waals surface area contributed by atoms with Crippen LogP contribution in [0.25, 0.3) is 11.1 Å². The molecule has 0 saturated heterocycles. The first-order valence-electron chi connectivity index (χ1n) is 8.02. The summed E-state index contributed by atoms with van der Waals surface area (Å²) >= 11 is 0. The van der Waals surface area contributed by atoms with E-state index in [0.717, 1.165) is 0 Å². The summed E-state index contributed by atoms with van der Waals surface area (Å²) in [5.74, 6) is -11.2. The number of amides is 1. The van der Waals surface area contributed by atoms with Crippen LogP contribution in [-0.4, -0.2) is 5.91 Å². The third kappa shape index (κ3) is 3.80. The third-order valence-corrected chi connectivity index (χ3v) is 4.04. The van der Waals surface area contributed by atoms with Crippen molar-refractivity contribution in [3.8, 4) is 11.1 Å². The Balaban J connectivity index is 2.06. The van der Waals surface area contributed by atoms with Gasteiger partial charge in [-0.1, -0.05) is 48.5 Å². The van der Waals surface area contributed by atoms with E-state index < -0.39 is 46.6 Å². The highest BCUT2D eigenvalue weighted by Gasteiger charge is 2.42. The van der Waals surface area contributed by atoms with Gasteiger partial charge in [-0.2, -0.15) is 13.2 Å². The summed E-state index contributed by atoms with van der Waals surface area (Å²) in [7, 11) is 0. The van der Waals surface area contributed by atoms with Gasteiger partial charge < -0.3 is 5.32 Å². The fraction of sp³-hybridized carbons (Fsp3) is 0.0500. The van der Waals surface area contributed by atoms with E-state index in [0.29, 0.717) is 11.1 Å². The Hall–Kier alpha value is -3.36. The highest BCUT2D eigenvalue weighted by molar-refractivity contribution is 6.08. The lowest BCUT2D eigenvalue weighted by molar-refractivity contribution is -0.143. The first-order chi connectivity index (χ1) is 13.6. The van der Waals surface area contributed by atoms with E-state index >= 15 is 0 Å². The van der Waals surface area contributed by atoms with Crippen molar-refractivity contribution in [1.82, 2.24) is 0 Å². The molecule has 2 nitrogen and oxygen atoms in total. The Labute approximate surface area is 159 Å². The fourth-order valence-electron chi connectivity index (χ4n) is 2.72. The average molecular weight is 413 g/mol. The highest BCUT2D eigenvalue weighted by Crippen LogP contribution is 2.38. The van der Waals surface area contributed by atoms with Gasteiger partial charge in [-0.25, -0.2) is 17.6 Å². The number of hydrogen-bond acceptors (Lipinski definition) is 1. The van der Waals surface area contributed by atoms with Gasteiger partial charge in [-0.15, -0.1) is 0 Å². The zero-order chi connectivity index (χ0) is 21.3. The van der Waals surface area contributed by atoms with Gasteiger partial charge in [0.1, 0.15) is 11.3 Å². The molecule has 9 heteroatoms. The maximum Gasteiger partial charge on any atom is 0.422 e. The van der Waals surface area contributed by atoms with Crippen molar-refractivity contribution >= 4 is 11.6 Å². The van der Waals surface area contributed by atoms with Gasteiger partial charge in [0.15, 0.2) is 23.3 Å². The van der Waals surface area contributed by atoms with Crippen LogP contribution in [-0.2, 0) is 6.18 Å². The van der Waals surface area contributed by atoms with Crippen LogP contribution in [0.2, 0.25) is 0 Å². The van der Waals surface area contributed by atoms with Crippen molar-refractivity contribution in [2.24, 2.45) is 0 Å². The van der Waals surface area contributed by atoms with Gasteiger partial charge >= 0.3 is 6.18 Å². The van der Waals surface area contributed by atoms with Gasteiger partial charge in [0, 0.05) is 5.56 Å². The highest BCUT2D eigenvalue weighted by atomic mass is 19.4. The Morgan fingerprint density at radius 2 is 1.24 bits per heavy atom. The Kier molecular flexibility index (Phi) is 5.32. The maximum absolute atomic E-state index is 14.0. The van der Waals surface area contributed by atoms with Crippen LogP contribution in [0.15, 0.2) is 54.6 Å². The molecule has 0 atom stereocenters. The van der Waals surface area contributed by atoms with Crippen LogP contribution in [0.1, 0.15) is 15.9 Å². The van der Waals surface area contributed by atoms with E-state index in [1.54, 1.807) is 41.7 Å². The zero-order valence-corrected chi connectivity index (χ0v) is 14.3. The number of alkyl halides is 3. The molecule has 0 aliphatic carbocycles. The van der Waals surface area contributed by atoms with Crippen LogP contribution in [0.4, 0.5) is 36.4 Å². The Morgan fingerprint density at radius 3 is 1.79 bits per heavy atom. The standard InChI is InChI=1S/C20H10F7NO/c21-14-13(20(25,26)27)15(22)17(24)18(16(14)23)28-19(29)12-9-5-4-8-11(12)10-6-2-1-3-7-10/h1-9H,(H,28,29). The van der Waals surface area contributed by atoms with E-state index in [9.17, 15) is 35.5 Å². The van der Waals surface area contributed by atoms with Crippen molar-refractivity contribution in [1.29, 1.82) is 0 Å². The van der Waals surface area contributed by atoms with Crippen molar-refractivity contribution < 1.29 is 35.5 Å². The summed E-state index contributed by atoms with van der Waals surface area (Å²) < 4.78 is 93.6. The summed E-state index contributed by atoms with van der Waals surface area (Å²) in [5, 5.41) is 1.63. The molecule has 0 heterocycles. The zero-order valence-electron chi connectivity index (χ0n) is 14.3. The van der Waals surface area contributed by atoms with E-state index in [4.69, 9.17) is 0 Å². The first-order valence-corrected chi connectivity index (χ1v) is 8.02. The molecule has 0 radical (unpaired) electrons. The summed E-state index contributed by atoms with van der Waals surface area (Å²) in [4.78, 5) is 12.5. The predicted molar refractivity (Wildman–Crippen MR) is 91.1 cm³/mol. The lowest BCUT2D eigenvalue weighted by Gasteiger charge is -2.15. The molecular formula is C20H10F7NO. The van der Waals surface area contributed by atoms with Gasteiger partial charge in [0.2, 0.25) is 0 Å². The molecule has 0 spiro atoms. The molecule has 0 aliphatic heterocycles. The number of nitrogens with one attached hydrogen (secondary N) is 1. The van der Waals surface area contributed by atoms with Crippen molar-refractivity contribution in [2.45, 2.75) is 6.18 Å².